The van der Waals surface area contributed by atoms with E-state index in [9.17, 15) is 4.79 Å². The van der Waals surface area contributed by atoms with Gasteiger partial charge in [0.15, 0.2) is 0 Å². The molecule has 0 radical (unpaired) electrons. The van der Waals surface area contributed by atoms with Crippen LogP contribution in [0.2, 0.25) is 0 Å². The van der Waals surface area contributed by atoms with Crippen LogP contribution in [0.4, 0.5) is 0 Å². The Morgan fingerprint density at radius 1 is 1.44 bits per heavy atom. The largest absolute Gasteiger partial charge is 0.405 e. The van der Waals surface area contributed by atoms with Crippen molar-refractivity contribution in [3.05, 3.63) is 23.9 Å². The molecule has 0 atom stereocenters. The Kier molecular flexibility index (Phi) is 5.09. The quantitative estimate of drug-likeness (QED) is 0.743. The van der Waals surface area contributed by atoms with Gasteiger partial charge in [-0.05, 0) is 43.5 Å². The molecule has 3 heteroatoms. The van der Waals surface area contributed by atoms with Crippen molar-refractivity contribution >= 4 is 5.91 Å². The summed E-state index contributed by atoms with van der Waals surface area (Å²) in [5, 5.41) is 0. The minimum Gasteiger partial charge on any atom is -0.405 e. The molecule has 1 amide bonds. The van der Waals surface area contributed by atoms with Crippen LogP contribution in [0.25, 0.3) is 0 Å². The summed E-state index contributed by atoms with van der Waals surface area (Å²) in [7, 11) is 0. The molecule has 1 heterocycles. The second-order valence-electron chi connectivity index (χ2n) is 4.46. The number of amides is 1. The van der Waals surface area contributed by atoms with Crippen LogP contribution in [0.5, 0.6) is 0 Å². The normalized spacial score (nSPS) is 19.4. The highest BCUT2D eigenvalue weighted by Crippen LogP contribution is 2.17. The first kappa shape index (κ1) is 12.8. The fraction of sp³-hybridized carbons (Fsp3) is 0.615. The molecule has 0 aliphatic carbocycles. The number of piperidine rings is 1. The first-order chi connectivity index (χ1) is 7.67. The number of rotatable bonds is 3. The van der Waals surface area contributed by atoms with Gasteiger partial charge in [-0.2, -0.15) is 0 Å². The molecule has 1 rings (SSSR count). The van der Waals surface area contributed by atoms with Gasteiger partial charge in [0, 0.05) is 13.1 Å². The summed E-state index contributed by atoms with van der Waals surface area (Å²) in [6, 6.07) is 0. The maximum Gasteiger partial charge on any atom is 0.226 e. The summed E-state index contributed by atoms with van der Waals surface area (Å²) in [6.45, 7) is 5.99. The van der Waals surface area contributed by atoms with E-state index in [1.54, 1.807) is 6.08 Å². The lowest BCUT2D eigenvalue weighted by Crippen LogP contribution is -2.37. The second kappa shape index (κ2) is 6.36. The number of hydrogen-bond donors (Lipinski definition) is 1. The lowest BCUT2D eigenvalue weighted by atomic mass is 9.98. The molecule has 2 N–H and O–H groups in total. The standard InChI is InChI=1S/C13H22N2O/c1-3-12(4-7-14)10-13(16)15-8-5-11(2)6-9-15/h3-4,7,11H,5-6,8-10,14H2,1-2H3/b7-4-,12-3+. The molecule has 1 aliphatic rings. The first-order valence-corrected chi connectivity index (χ1v) is 5.98. The topological polar surface area (TPSA) is 46.3 Å². The summed E-state index contributed by atoms with van der Waals surface area (Å²) in [5.41, 5.74) is 6.32. The average Bonchev–Trinajstić information content (AvgIpc) is 2.29. The summed E-state index contributed by atoms with van der Waals surface area (Å²) in [4.78, 5) is 13.9. The van der Waals surface area contributed by atoms with Crippen LogP contribution in [-0.2, 0) is 4.79 Å². The lowest BCUT2D eigenvalue weighted by Gasteiger charge is -2.30. The van der Waals surface area contributed by atoms with E-state index in [1.165, 1.54) is 6.20 Å². The van der Waals surface area contributed by atoms with E-state index >= 15 is 0 Å². The highest BCUT2D eigenvalue weighted by molar-refractivity contribution is 5.79. The molecular formula is C13H22N2O. The smallest absolute Gasteiger partial charge is 0.226 e. The fourth-order valence-electron chi connectivity index (χ4n) is 1.93. The Labute approximate surface area is 98.0 Å². The zero-order valence-corrected chi connectivity index (χ0v) is 10.3. The number of nitrogens with zero attached hydrogens (tertiary/aromatic N) is 1. The van der Waals surface area contributed by atoms with Crippen LogP contribution in [-0.4, -0.2) is 23.9 Å². The van der Waals surface area contributed by atoms with Crippen molar-refractivity contribution in [3.63, 3.8) is 0 Å². The van der Waals surface area contributed by atoms with Gasteiger partial charge in [0.2, 0.25) is 5.91 Å². The Balaban J connectivity index is 2.46. The second-order valence-corrected chi connectivity index (χ2v) is 4.46. The summed E-state index contributed by atoms with van der Waals surface area (Å²) in [5.74, 6) is 0.979. The van der Waals surface area contributed by atoms with Crippen LogP contribution in [0.15, 0.2) is 23.9 Å². The van der Waals surface area contributed by atoms with Crippen LogP contribution >= 0.6 is 0 Å². The fourth-order valence-corrected chi connectivity index (χ4v) is 1.93. The van der Waals surface area contributed by atoms with Gasteiger partial charge in [-0.3, -0.25) is 4.79 Å². The minimum absolute atomic E-state index is 0.220. The SMILES string of the molecule is C/C=C(\C=C/N)CC(=O)N1CCC(C)CC1. The molecule has 0 bridgehead atoms. The van der Waals surface area contributed by atoms with Crippen molar-refractivity contribution in [3.8, 4) is 0 Å². The van der Waals surface area contributed by atoms with Crippen molar-refractivity contribution in [1.29, 1.82) is 0 Å². The molecule has 1 aliphatic heterocycles. The molecule has 1 saturated heterocycles. The third-order valence-corrected chi connectivity index (χ3v) is 3.17. The van der Waals surface area contributed by atoms with Crippen molar-refractivity contribution < 1.29 is 4.79 Å². The molecule has 16 heavy (non-hydrogen) atoms. The van der Waals surface area contributed by atoms with Gasteiger partial charge >= 0.3 is 0 Å². The van der Waals surface area contributed by atoms with Crippen LogP contribution in [0.1, 0.15) is 33.1 Å². The number of allylic oxidation sites excluding steroid dienone is 2. The summed E-state index contributed by atoms with van der Waals surface area (Å²) < 4.78 is 0. The van der Waals surface area contributed by atoms with E-state index in [-0.39, 0.29) is 5.91 Å². The average molecular weight is 222 g/mol. The van der Waals surface area contributed by atoms with E-state index in [2.05, 4.69) is 6.92 Å². The van der Waals surface area contributed by atoms with Crippen molar-refractivity contribution in [2.75, 3.05) is 13.1 Å². The lowest BCUT2D eigenvalue weighted by molar-refractivity contribution is -0.131. The minimum atomic E-state index is 0.220. The maximum atomic E-state index is 12.0. The molecule has 0 unspecified atom stereocenters. The van der Waals surface area contributed by atoms with Gasteiger partial charge in [0.05, 0.1) is 6.42 Å². The predicted octanol–water partition coefficient (Wildman–Crippen LogP) is 2.05. The Bertz CT molecular complexity index is 286. The molecule has 0 aromatic carbocycles. The molecule has 1 fully saturated rings. The highest BCUT2D eigenvalue weighted by Gasteiger charge is 2.20. The number of hydrogen-bond acceptors (Lipinski definition) is 2. The molecular weight excluding hydrogens is 200 g/mol. The summed E-state index contributed by atoms with van der Waals surface area (Å²) in [6.07, 6.45) is 7.95. The predicted molar refractivity (Wildman–Crippen MR) is 66.7 cm³/mol. The van der Waals surface area contributed by atoms with E-state index in [0.717, 1.165) is 37.4 Å². The molecule has 90 valence electrons. The van der Waals surface area contributed by atoms with Crippen LogP contribution in [0, 0.1) is 5.92 Å². The number of nitrogens with two attached hydrogens (primary N) is 1. The Morgan fingerprint density at radius 2 is 2.06 bits per heavy atom. The first-order valence-electron chi connectivity index (χ1n) is 5.98. The van der Waals surface area contributed by atoms with E-state index < -0.39 is 0 Å². The Hall–Kier alpha value is -1.25. The number of likely N-dealkylation sites (tertiary alicyclic amines) is 1. The summed E-state index contributed by atoms with van der Waals surface area (Å²) >= 11 is 0. The number of carbonyl (C=O) groups excluding carboxylic acids is 1. The molecule has 0 aromatic heterocycles. The maximum absolute atomic E-state index is 12.0. The zero-order chi connectivity index (χ0) is 12.0. The van der Waals surface area contributed by atoms with Gasteiger partial charge in [-0.1, -0.05) is 13.0 Å². The van der Waals surface area contributed by atoms with Gasteiger partial charge in [-0.15, -0.1) is 0 Å². The third-order valence-electron chi connectivity index (χ3n) is 3.17. The monoisotopic (exact) mass is 222 g/mol. The van der Waals surface area contributed by atoms with Gasteiger partial charge in [0.1, 0.15) is 0 Å². The zero-order valence-electron chi connectivity index (χ0n) is 10.3. The third kappa shape index (κ3) is 3.72. The van der Waals surface area contributed by atoms with Gasteiger partial charge in [-0.25, -0.2) is 0 Å². The molecule has 0 spiro atoms. The van der Waals surface area contributed by atoms with Gasteiger partial charge < -0.3 is 10.6 Å². The van der Waals surface area contributed by atoms with Crippen LogP contribution < -0.4 is 5.73 Å². The Morgan fingerprint density at radius 3 is 2.56 bits per heavy atom. The highest BCUT2D eigenvalue weighted by atomic mass is 16.2. The number of carbonyl (C=O) groups is 1. The molecule has 0 saturated carbocycles. The van der Waals surface area contributed by atoms with E-state index in [4.69, 9.17) is 5.73 Å². The van der Waals surface area contributed by atoms with Crippen molar-refractivity contribution in [2.24, 2.45) is 11.7 Å². The van der Waals surface area contributed by atoms with Crippen LogP contribution in [0.3, 0.4) is 0 Å². The molecule has 0 aromatic rings. The van der Waals surface area contributed by atoms with Crippen molar-refractivity contribution in [2.45, 2.75) is 33.1 Å². The van der Waals surface area contributed by atoms with E-state index in [0.29, 0.717) is 6.42 Å². The molecule has 3 nitrogen and oxygen atoms in total. The van der Waals surface area contributed by atoms with E-state index in [1.807, 2.05) is 17.9 Å². The van der Waals surface area contributed by atoms with Gasteiger partial charge in [0.25, 0.3) is 0 Å². The van der Waals surface area contributed by atoms with Crippen molar-refractivity contribution in [1.82, 2.24) is 4.90 Å².